The molecule has 0 saturated carbocycles. The summed E-state index contributed by atoms with van der Waals surface area (Å²) in [5, 5.41) is 45.3. The number of hydrogen-bond donors (Lipinski definition) is 11. The summed E-state index contributed by atoms with van der Waals surface area (Å²) in [6.45, 7) is 2.41. The van der Waals surface area contributed by atoms with Crippen LogP contribution >= 0.6 is 0 Å². The van der Waals surface area contributed by atoms with Gasteiger partial charge in [-0.1, -0.05) is 51.1 Å². The Morgan fingerprint density at radius 3 is 1.82 bits per heavy atom. The molecule has 11 amide bonds. The van der Waals surface area contributed by atoms with Crippen molar-refractivity contribution in [3.8, 4) is 11.1 Å². The van der Waals surface area contributed by atoms with Crippen LogP contribution in [0, 0.1) is 17.0 Å². The number of carboxylic acid groups (broad SMARTS) is 2. The second-order valence-electron chi connectivity index (χ2n) is 19.8. The molecule has 1 aromatic heterocycles. The molecule has 442 valence electrons. The van der Waals surface area contributed by atoms with E-state index in [2.05, 4.69) is 37.2 Å². The topological polar surface area (TPSA) is 404 Å². The van der Waals surface area contributed by atoms with Crippen LogP contribution in [0.25, 0.3) is 11.1 Å². The summed E-state index contributed by atoms with van der Waals surface area (Å²) in [5.74, 6) is -15.5. The number of halogens is 2. The van der Waals surface area contributed by atoms with Gasteiger partial charge in [0.2, 0.25) is 53.2 Å². The number of imide groups is 1. The Labute approximate surface area is 467 Å². The molecule has 0 bridgehead atoms. The van der Waals surface area contributed by atoms with Gasteiger partial charge in [0.15, 0.2) is 0 Å². The Hall–Kier alpha value is -9.41. The van der Waals surface area contributed by atoms with Crippen LogP contribution < -0.4 is 43.0 Å². The molecule has 4 unspecified atom stereocenters. The lowest BCUT2D eigenvalue weighted by Crippen LogP contribution is -2.58. The van der Waals surface area contributed by atoms with Crippen molar-refractivity contribution in [3.63, 3.8) is 0 Å². The van der Waals surface area contributed by atoms with E-state index in [1.807, 2.05) is 0 Å². The molecule has 4 rings (SSSR count). The lowest BCUT2D eigenvalue weighted by molar-refractivity contribution is -0.142. The largest absolute Gasteiger partial charge is 0.481 e. The molecule has 0 fully saturated rings. The smallest absolute Gasteiger partial charge is 0.305 e. The zero-order valence-corrected chi connectivity index (χ0v) is 45.1. The maximum absolute atomic E-state index is 15.4. The predicted molar refractivity (Wildman–Crippen MR) is 282 cm³/mol. The number of primary amides is 1. The fourth-order valence-corrected chi connectivity index (χ4v) is 8.55. The van der Waals surface area contributed by atoms with Crippen LogP contribution in [0.15, 0.2) is 72.9 Å². The fraction of sp³-hybridized carbons (Fsp3) is 0.415. The minimum absolute atomic E-state index is 0.123. The molecule has 12 N–H and O–H groups in total. The zero-order chi connectivity index (χ0) is 61.0. The summed E-state index contributed by atoms with van der Waals surface area (Å²) in [5.41, 5.74) is 5.63. The summed E-state index contributed by atoms with van der Waals surface area (Å²) in [6, 6.07) is 5.05. The van der Waals surface area contributed by atoms with Gasteiger partial charge in [0.05, 0.1) is 25.4 Å². The maximum atomic E-state index is 15.4. The Bertz CT molecular complexity index is 2930. The van der Waals surface area contributed by atoms with Gasteiger partial charge in [0.1, 0.15) is 49.0 Å². The number of aromatic nitrogens is 1. The SMILES string of the molecule is CC(=O)NCC(=O)N[C@H](CC(=O)O)C(=O)NC(CC(N)=O)C(=O)NC(CCN(C(=O)CO)C(c1cc(-c2cc(F)ccc2F)cn1Cc1ccccc1)C(C)(C)C)C(=O)NCCNC(=O)C(CCC(=O)O)NC(=O)CN1C(=O)C=CC1=O. The molecule has 0 radical (unpaired) electrons. The summed E-state index contributed by atoms with van der Waals surface area (Å²) in [6.07, 6.45) is -0.283. The molecule has 0 spiro atoms. The second kappa shape index (κ2) is 30.3. The highest BCUT2D eigenvalue weighted by molar-refractivity contribution is 6.14. The van der Waals surface area contributed by atoms with Crippen molar-refractivity contribution in [2.24, 2.45) is 11.1 Å². The lowest BCUT2D eigenvalue weighted by atomic mass is 9.82. The van der Waals surface area contributed by atoms with Crippen molar-refractivity contribution in [3.05, 3.63) is 95.8 Å². The third-order valence-corrected chi connectivity index (χ3v) is 12.3. The number of rotatable bonds is 31. The normalized spacial score (nSPS) is 13.8. The first-order valence-electron chi connectivity index (χ1n) is 25.4. The Morgan fingerprint density at radius 1 is 0.695 bits per heavy atom. The highest BCUT2D eigenvalue weighted by Crippen LogP contribution is 2.41. The van der Waals surface area contributed by atoms with Gasteiger partial charge in [-0.2, -0.15) is 0 Å². The van der Waals surface area contributed by atoms with Gasteiger partial charge in [-0.3, -0.25) is 67.2 Å². The first kappa shape index (κ1) is 65.1. The van der Waals surface area contributed by atoms with Crippen molar-refractivity contribution in [1.82, 2.24) is 51.6 Å². The third-order valence-electron chi connectivity index (χ3n) is 12.3. The van der Waals surface area contributed by atoms with Crippen LogP contribution in [0.1, 0.15) is 77.1 Å². The third kappa shape index (κ3) is 20.0. The van der Waals surface area contributed by atoms with Crippen molar-refractivity contribution in [2.75, 3.05) is 39.3 Å². The molecular formula is C53H65F2N11O16. The van der Waals surface area contributed by atoms with Gasteiger partial charge in [-0.15, -0.1) is 0 Å². The summed E-state index contributed by atoms with van der Waals surface area (Å²) in [7, 11) is 0. The molecule has 5 atom stereocenters. The van der Waals surface area contributed by atoms with Crippen LogP contribution in [0.4, 0.5) is 8.78 Å². The number of aliphatic hydroxyl groups is 1. The average molecular weight is 1150 g/mol. The average Bonchev–Trinajstić information content (AvgIpc) is 3.98. The van der Waals surface area contributed by atoms with Crippen LogP contribution in [-0.4, -0.2) is 170 Å². The number of nitrogens with zero attached hydrogens (tertiary/aromatic N) is 3. The van der Waals surface area contributed by atoms with Gasteiger partial charge in [-0.05, 0) is 48.1 Å². The first-order chi connectivity index (χ1) is 38.6. The number of benzene rings is 2. The standard InChI is InChI=1S/C53H65F2N11O16/c1-29(68)59-24-41(70)61-38(23-47(77)78)52(82)63-37(22-40(56)69)51(81)62-36(50(80)58-18-17-57-49(79)35(12-15-46(75)76)60-42(71)27-66-43(72)13-14-44(66)73)16-19-65(45(74)28-67)48(53(2,3)4)39-20-31(33-21-32(54)10-11-34(33)55)26-64(39)25-30-8-6-5-7-9-30/h5-11,13-14,20-21,26,35-38,48,67H,12,15-19,22-25,27-28H2,1-4H3,(H2,56,69)(H,57,79)(H,58,80)(H,59,68)(H,60,71)(H,61,70)(H,62,81)(H,63,82)(H,75,76)(H,77,78)/t35?,36?,37?,38-,48?/m1/s1. The van der Waals surface area contributed by atoms with Crippen LogP contribution in [-0.2, 0) is 68.9 Å². The highest BCUT2D eigenvalue weighted by Gasteiger charge is 2.39. The van der Waals surface area contributed by atoms with Gasteiger partial charge in [0, 0.05) is 74.7 Å². The minimum atomic E-state index is -1.99. The van der Waals surface area contributed by atoms with Crippen molar-refractivity contribution in [1.29, 1.82) is 0 Å². The Balaban J connectivity index is 1.71. The summed E-state index contributed by atoms with van der Waals surface area (Å²) >= 11 is 0. The fourth-order valence-electron chi connectivity index (χ4n) is 8.55. The Morgan fingerprint density at radius 2 is 1.27 bits per heavy atom. The predicted octanol–water partition coefficient (Wildman–Crippen LogP) is -1.77. The molecule has 1 aliphatic rings. The van der Waals surface area contributed by atoms with E-state index in [1.54, 1.807) is 61.9 Å². The molecule has 2 heterocycles. The van der Waals surface area contributed by atoms with Crippen molar-refractivity contribution >= 4 is 76.9 Å². The van der Waals surface area contributed by atoms with E-state index >= 15 is 4.39 Å². The van der Waals surface area contributed by atoms with E-state index in [1.165, 1.54) is 11.0 Å². The number of carboxylic acids is 2. The highest BCUT2D eigenvalue weighted by atomic mass is 19.1. The van der Waals surface area contributed by atoms with E-state index in [4.69, 9.17) is 5.73 Å². The molecule has 27 nitrogen and oxygen atoms in total. The molecular weight excluding hydrogens is 1080 g/mol. The molecule has 0 aliphatic carbocycles. The number of amides is 11. The van der Waals surface area contributed by atoms with E-state index in [0.717, 1.165) is 42.8 Å². The van der Waals surface area contributed by atoms with Gasteiger partial charge < -0.3 is 67.7 Å². The minimum Gasteiger partial charge on any atom is -0.481 e. The van der Waals surface area contributed by atoms with E-state index in [-0.39, 0.29) is 17.7 Å². The van der Waals surface area contributed by atoms with Crippen molar-refractivity contribution in [2.45, 2.75) is 96.6 Å². The number of aliphatic hydroxyl groups excluding tert-OH is 1. The van der Waals surface area contributed by atoms with Gasteiger partial charge in [-0.25, -0.2) is 8.78 Å². The number of nitrogens with two attached hydrogens (primary N) is 1. The summed E-state index contributed by atoms with van der Waals surface area (Å²) in [4.78, 5) is 168. The van der Waals surface area contributed by atoms with Crippen LogP contribution in [0.3, 0.4) is 0 Å². The molecule has 1 aliphatic heterocycles. The van der Waals surface area contributed by atoms with Crippen LogP contribution in [0.2, 0.25) is 0 Å². The van der Waals surface area contributed by atoms with Gasteiger partial charge in [0.25, 0.3) is 11.8 Å². The number of hydrogen-bond acceptors (Lipinski definition) is 14. The Kier molecular flexibility index (Phi) is 24.0. The van der Waals surface area contributed by atoms with E-state index in [9.17, 15) is 82.0 Å². The maximum Gasteiger partial charge on any atom is 0.305 e. The number of nitrogens with one attached hydrogen (secondary N) is 7. The van der Waals surface area contributed by atoms with Gasteiger partial charge >= 0.3 is 11.9 Å². The lowest BCUT2D eigenvalue weighted by Gasteiger charge is -2.41. The number of carbonyl (C=O) groups excluding carboxylic acids is 11. The number of aliphatic carboxylic acids is 2. The second-order valence-corrected chi connectivity index (χ2v) is 19.8. The first-order valence-corrected chi connectivity index (χ1v) is 25.4. The van der Waals surface area contributed by atoms with Crippen molar-refractivity contribution < 1.29 is 86.4 Å². The summed E-state index contributed by atoms with van der Waals surface area (Å²) < 4.78 is 31.8. The van der Waals surface area contributed by atoms with Crippen LogP contribution in [0.5, 0.6) is 0 Å². The quantitative estimate of drug-likeness (QED) is 0.0251. The molecule has 29 heteroatoms. The molecule has 0 saturated heterocycles. The molecule has 82 heavy (non-hydrogen) atoms. The van der Waals surface area contributed by atoms with E-state index < -0.39 is 196 Å². The molecule has 2 aromatic carbocycles. The monoisotopic (exact) mass is 1150 g/mol. The zero-order valence-electron chi connectivity index (χ0n) is 45.1. The molecule has 3 aromatic rings. The van der Waals surface area contributed by atoms with E-state index in [0.29, 0.717) is 10.6 Å². The number of carbonyl (C=O) groups is 13.